The van der Waals surface area contributed by atoms with Gasteiger partial charge in [-0.1, -0.05) is 6.07 Å². The molecule has 1 atom stereocenters. The van der Waals surface area contributed by atoms with Crippen LogP contribution in [0.3, 0.4) is 0 Å². The minimum absolute atomic E-state index is 0.134. The van der Waals surface area contributed by atoms with Crippen LogP contribution in [0.1, 0.15) is 30.1 Å². The number of likely N-dealkylation sites (tertiary alicyclic amines) is 1. The first-order chi connectivity index (χ1) is 18.4. The lowest BCUT2D eigenvalue weighted by atomic mass is 9.97. The number of aromatic nitrogens is 2. The lowest BCUT2D eigenvalue weighted by Crippen LogP contribution is -2.42. The number of esters is 1. The van der Waals surface area contributed by atoms with Crippen molar-refractivity contribution in [3.63, 3.8) is 0 Å². The molecule has 1 amide bonds. The first-order valence-corrected chi connectivity index (χ1v) is 12.4. The third-order valence-electron chi connectivity index (χ3n) is 6.38. The van der Waals surface area contributed by atoms with Gasteiger partial charge in [0.05, 0.1) is 18.7 Å². The predicted molar refractivity (Wildman–Crippen MR) is 137 cm³/mol. The highest BCUT2D eigenvalue weighted by Crippen LogP contribution is 2.37. The molecule has 2 aromatic carbocycles. The Labute approximate surface area is 218 Å². The Morgan fingerprint density at radius 2 is 2.00 bits per heavy atom. The van der Waals surface area contributed by atoms with Gasteiger partial charge in [-0.05, 0) is 50.1 Å². The average molecular weight is 521 g/mol. The van der Waals surface area contributed by atoms with Crippen LogP contribution in [0.25, 0.3) is 0 Å². The lowest BCUT2D eigenvalue weighted by Gasteiger charge is -2.31. The molecule has 0 saturated carbocycles. The molecular weight excluding hydrogens is 492 g/mol. The van der Waals surface area contributed by atoms with Crippen molar-refractivity contribution in [2.45, 2.75) is 19.8 Å². The molecular formula is C27H28N4O7. The summed E-state index contributed by atoms with van der Waals surface area (Å²) >= 11 is 0. The van der Waals surface area contributed by atoms with Crippen molar-refractivity contribution in [3.05, 3.63) is 64.6 Å². The molecule has 0 radical (unpaired) electrons. The molecule has 3 heterocycles. The zero-order valence-corrected chi connectivity index (χ0v) is 21.1. The number of amides is 1. The van der Waals surface area contributed by atoms with Crippen LogP contribution in [0.15, 0.2) is 53.5 Å². The summed E-state index contributed by atoms with van der Waals surface area (Å²) in [6.07, 6.45) is 2.86. The zero-order chi connectivity index (χ0) is 26.6. The van der Waals surface area contributed by atoms with E-state index in [9.17, 15) is 14.4 Å². The summed E-state index contributed by atoms with van der Waals surface area (Å²) in [5.74, 6) is 1.01. The van der Waals surface area contributed by atoms with E-state index >= 15 is 0 Å². The summed E-state index contributed by atoms with van der Waals surface area (Å²) in [6.45, 7) is 3.09. The molecule has 3 aromatic rings. The summed E-state index contributed by atoms with van der Waals surface area (Å²) in [7, 11) is 1.54. The molecule has 11 heteroatoms. The summed E-state index contributed by atoms with van der Waals surface area (Å²) in [5, 5.41) is 7.17. The van der Waals surface area contributed by atoms with Crippen molar-refractivity contribution >= 4 is 23.3 Å². The van der Waals surface area contributed by atoms with Gasteiger partial charge in [-0.25, -0.2) is 4.68 Å². The Kier molecular flexibility index (Phi) is 7.16. The average Bonchev–Trinajstić information content (AvgIpc) is 3.41. The number of carbonyl (C=O) groups excluding carboxylic acids is 2. The molecule has 11 nitrogen and oxygen atoms in total. The number of aryl methyl sites for hydroxylation is 1. The SMILES string of the molecule is CCOC(=O)[C@H]1CCCN(C(=O)c2cccc(Nc3c(Oc4ccc5c(c4)OCO5)cnn(C)c3=O)c2)C1. The number of nitrogens with one attached hydrogen (secondary N) is 1. The second-order valence-electron chi connectivity index (χ2n) is 8.98. The maximum Gasteiger partial charge on any atom is 0.310 e. The van der Waals surface area contributed by atoms with E-state index in [0.29, 0.717) is 54.6 Å². The first-order valence-electron chi connectivity index (χ1n) is 12.4. The smallest absolute Gasteiger partial charge is 0.310 e. The summed E-state index contributed by atoms with van der Waals surface area (Å²) in [6, 6.07) is 11.9. The maximum atomic E-state index is 13.3. The molecule has 1 N–H and O–H groups in total. The summed E-state index contributed by atoms with van der Waals surface area (Å²) < 4.78 is 23.0. The van der Waals surface area contributed by atoms with Gasteiger partial charge in [-0.3, -0.25) is 14.4 Å². The number of ether oxygens (including phenoxy) is 4. The predicted octanol–water partition coefficient (Wildman–Crippen LogP) is 3.46. The monoisotopic (exact) mass is 520 g/mol. The van der Waals surface area contributed by atoms with Gasteiger partial charge in [0.2, 0.25) is 6.79 Å². The molecule has 2 aliphatic rings. The second-order valence-corrected chi connectivity index (χ2v) is 8.98. The molecule has 5 rings (SSSR count). The van der Waals surface area contributed by atoms with Crippen molar-refractivity contribution in [1.82, 2.24) is 14.7 Å². The van der Waals surface area contributed by atoms with E-state index in [-0.39, 0.29) is 36.0 Å². The van der Waals surface area contributed by atoms with Gasteiger partial charge in [0.25, 0.3) is 11.5 Å². The quantitative estimate of drug-likeness (QED) is 0.467. The van der Waals surface area contributed by atoms with E-state index in [4.69, 9.17) is 18.9 Å². The van der Waals surface area contributed by atoms with Crippen molar-refractivity contribution in [1.29, 1.82) is 0 Å². The van der Waals surface area contributed by atoms with E-state index in [0.717, 1.165) is 6.42 Å². The molecule has 0 unspecified atom stereocenters. The Hall–Kier alpha value is -4.54. The normalized spacial score (nSPS) is 16.2. The standard InChI is InChI=1S/C27H28N4O7/c1-3-35-27(34)18-7-5-11-31(15-18)25(32)17-6-4-8-19(12-17)29-24-23(14-28-30(2)26(24)33)38-20-9-10-21-22(13-20)37-16-36-21/h4,6,8-10,12-14,18,29H,3,5,7,11,15-16H2,1-2H3/t18-/m0/s1. The van der Waals surface area contributed by atoms with Gasteiger partial charge in [-0.15, -0.1) is 0 Å². The molecule has 0 aliphatic carbocycles. The number of benzene rings is 2. The van der Waals surface area contributed by atoms with Gasteiger partial charge in [0.15, 0.2) is 22.9 Å². The van der Waals surface area contributed by atoms with Crippen LogP contribution in [0.2, 0.25) is 0 Å². The number of hydrogen-bond donors (Lipinski definition) is 1. The van der Waals surface area contributed by atoms with Gasteiger partial charge in [0.1, 0.15) is 5.75 Å². The number of fused-ring (bicyclic) bond motifs is 1. The van der Waals surface area contributed by atoms with Crippen LogP contribution < -0.4 is 25.1 Å². The number of piperidine rings is 1. The molecule has 0 spiro atoms. The minimum Gasteiger partial charge on any atom is -0.466 e. The number of hydrogen-bond acceptors (Lipinski definition) is 9. The number of rotatable bonds is 7. The summed E-state index contributed by atoms with van der Waals surface area (Å²) in [5.41, 5.74) is 0.704. The number of nitrogens with zero attached hydrogens (tertiary/aromatic N) is 3. The fraction of sp³-hybridized carbons (Fsp3) is 0.333. The first kappa shape index (κ1) is 25.1. The number of anilines is 2. The Bertz CT molecular complexity index is 1420. The van der Waals surface area contributed by atoms with E-state index in [1.165, 1.54) is 17.9 Å². The fourth-order valence-corrected chi connectivity index (χ4v) is 4.45. The van der Waals surface area contributed by atoms with E-state index in [1.54, 1.807) is 54.3 Å². The van der Waals surface area contributed by atoms with Gasteiger partial charge >= 0.3 is 5.97 Å². The second kappa shape index (κ2) is 10.8. The molecule has 1 fully saturated rings. The van der Waals surface area contributed by atoms with E-state index in [1.807, 2.05) is 0 Å². The Morgan fingerprint density at radius 3 is 2.84 bits per heavy atom. The molecule has 2 aliphatic heterocycles. The van der Waals surface area contributed by atoms with Crippen LogP contribution in [0.5, 0.6) is 23.0 Å². The largest absolute Gasteiger partial charge is 0.466 e. The zero-order valence-electron chi connectivity index (χ0n) is 21.1. The minimum atomic E-state index is -0.409. The molecule has 0 bridgehead atoms. The van der Waals surface area contributed by atoms with Crippen molar-refractivity contribution in [2.75, 3.05) is 31.8 Å². The van der Waals surface area contributed by atoms with Gasteiger partial charge in [-0.2, -0.15) is 5.10 Å². The van der Waals surface area contributed by atoms with Gasteiger partial charge < -0.3 is 29.2 Å². The highest BCUT2D eigenvalue weighted by atomic mass is 16.7. The molecule has 38 heavy (non-hydrogen) atoms. The Balaban J connectivity index is 1.36. The molecule has 1 saturated heterocycles. The summed E-state index contributed by atoms with van der Waals surface area (Å²) in [4.78, 5) is 40.1. The number of carbonyl (C=O) groups is 2. The van der Waals surface area contributed by atoms with Crippen LogP contribution in [0, 0.1) is 5.92 Å². The van der Waals surface area contributed by atoms with Crippen molar-refractivity contribution < 1.29 is 28.5 Å². The van der Waals surface area contributed by atoms with Crippen molar-refractivity contribution in [2.24, 2.45) is 13.0 Å². The topological polar surface area (TPSA) is 121 Å². The van der Waals surface area contributed by atoms with Gasteiger partial charge in [0, 0.05) is 37.5 Å². The molecule has 198 valence electrons. The fourth-order valence-electron chi connectivity index (χ4n) is 4.45. The van der Waals surface area contributed by atoms with Crippen LogP contribution in [0.4, 0.5) is 11.4 Å². The van der Waals surface area contributed by atoms with Crippen LogP contribution >= 0.6 is 0 Å². The third kappa shape index (κ3) is 5.26. The van der Waals surface area contributed by atoms with E-state index in [2.05, 4.69) is 10.4 Å². The third-order valence-corrected chi connectivity index (χ3v) is 6.38. The van der Waals surface area contributed by atoms with Crippen LogP contribution in [-0.2, 0) is 16.6 Å². The lowest BCUT2D eigenvalue weighted by molar-refractivity contribution is -0.149. The highest BCUT2D eigenvalue weighted by molar-refractivity contribution is 5.95. The van der Waals surface area contributed by atoms with Crippen LogP contribution in [-0.4, -0.2) is 53.0 Å². The highest BCUT2D eigenvalue weighted by Gasteiger charge is 2.30. The Morgan fingerprint density at radius 1 is 1.16 bits per heavy atom. The molecule has 1 aromatic heterocycles. The van der Waals surface area contributed by atoms with Crippen molar-refractivity contribution in [3.8, 4) is 23.0 Å². The van der Waals surface area contributed by atoms with E-state index < -0.39 is 5.56 Å². The maximum absolute atomic E-state index is 13.3.